The van der Waals surface area contributed by atoms with Crippen LogP contribution in [0.25, 0.3) is 0 Å². The molecule has 3 rings (SSSR count). The SMILES string of the molecule is O=S(=O)(c1ccccn1)N1CC(C2CNC2)C1. The molecule has 0 radical (unpaired) electrons. The van der Waals surface area contributed by atoms with Crippen molar-refractivity contribution < 1.29 is 8.42 Å². The van der Waals surface area contributed by atoms with E-state index in [1.165, 1.54) is 10.5 Å². The van der Waals surface area contributed by atoms with Crippen molar-refractivity contribution in [1.82, 2.24) is 14.6 Å². The minimum Gasteiger partial charge on any atom is -0.316 e. The average Bonchev–Trinajstić information content (AvgIpc) is 2.21. The first kappa shape index (κ1) is 11.1. The number of sulfonamides is 1. The van der Waals surface area contributed by atoms with Gasteiger partial charge in [-0.25, -0.2) is 13.4 Å². The summed E-state index contributed by atoms with van der Waals surface area (Å²) in [5, 5.41) is 3.37. The quantitative estimate of drug-likeness (QED) is 0.818. The molecule has 17 heavy (non-hydrogen) atoms. The van der Waals surface area contributed by atoms with Crippen molar-refractivity contribution in [3.63, 3.8) is 0 Å². The number of rotatable bonds is 3. The molecule has 0 amide bonds. The lowest BCUT2D eigenvalue weighted by molar-refractivity contribution is 0.100. The topological polar surface area (TPSA) is 62.3 Å². The van der Waals surface area contributed by atoms with Crippen LogP contribution in [0.2, 0.25) is 0 Å². The van der Waals surface area contributed by atoms with E-state index in [0.29, 0.717) is 24.9 Å². The Morgan fingerprint density at radius 2 is 2.00 bits per heavy atom. The first-order valence-electron chi connectivity index (χ1n) is 5.80. The minimum atomic E-state index is -3.35. The molecule has 3 heterocycles. The van der Waals surface area contributed by atoms with Gasteiger partial charge in [0.15, 0.2) is 5.03 Å². The van der Waals surface area contributed by atoms with E-state index in [-0.39, 0.29) is 5.03 Å². The fourth-order valence-electron chi connectivity index (χ4n) is 2.24. The molecule has 1 aromatic rings. The summed E-state index contributed by atoms with van der Waals surface area (Å²) in [6.07, 6.45) is 1.51. The second-order valence-electron chi connectivity index (χ2n) is 4.67. The highest BCUT2D eigenvalue weighted by atomic mass is 32.2. The molecule has 2 aliphatic heterocycles. The van der Waals surface area contributed by atoms with Crippen molar-refractivity contribution in [2.75, 3.05) is 26.2 Å². The van der Waals surface area contributed by atoms with Gasteiger partial charge in [0.1, 0.15) is 0 Å². The monoisotopic (exact) mass is 253 g/mol. The largest absolute Gasteiger partial charge is 0.316 e. The van der Waals surface area contributed by atoms with Crippen molar-refractivity contribution in [3.05, 3.63) is 24.4 Å². The third-order valence-electron chi connectivity index (χ3n) is 3.60. The van der Waals surface area contributed by atoms with Gasteiger partial charge in [0.05, 0.1) is 0 Å². The maximum atomic E-state index is 12.1. The molecule has 5 nitrogen and oxygen atoms in total. The Morgan fingerprint density at radius 1 is 1.24 bits per heavy atom. The molecule has 2 fully saturated rings. The van der Waals surface area contributed by atoms with Crippen molar-refractivity contribution in [3.8, 4) is 0 Å². The molecule has 1 aromatic heterocycles. The highest BCUT2D eigenvalue weighted by molar-refractivity contribution is 7.89. The molecule has 0 bridgehead atoms. The first-order valence-corrected chi connectivity index (χ1v) is 7.24. The van der Waals surface area contributed by atoms with Gasteiger partial charge in [0, 0.05) is 19.3 Å². The van der Waals surface area contributed by atoms with Crippen molar-refractivity contribution in [1.29, 1.82) is 0 Å². The van der Waals surface area contributed by atoms with Gasteiger partial charge >= 0.3 is 0 Å². The second-order valence-corrected chi connectivity index (χ2v) is 6.55. The zero-order chi connectivity index (χ0) is 11.9. The number of hydrogen-bond acceptors (Lipinski definition) is 4. The van der Waals surface area contributed by atoms with Crippen molar-refractivity contribution >= 4 is 10.0 Å². The summed E-state index contributed by atoms with van der Waals surface area (Å²) in [4.78, 5) is 3.92. The van der Waals surface area contributed by atoms with Crippen molar-refractivity contribution in [2.24, 2.45) is 11.8 Å². The molecular formula is C11H15N3O2S. The summed E-state index contributed by atoms with van der Waals surface area (Å²) in [5.74, 6) is 1.18. The standard InChI is InChI=1S/C11H15N3O2S/c15-17(16,11-3-1-2-4-13-11)14-7-10(8-14)9-5-12-6-9/h1-4,9-10,12H,5-8H2. The third kappa shape index (κ3) is 1.86. The van der Waals surface area contributed by atoms with E-state index >= 15 is 0 Å². The molecule has 1 N–H and O–H groups in total. The van der Waals surface area contributed by atoms with E-state index in [1.54, 1.807) is 18.2 Å². The summed E-state index contributed by atoms with van der Waals surface area (Å²) in [5.41, 5.74) is 0. The lowest BCUT2D eigenvalue weighted by Crippen LogP contribution is -2.59. The Morgan fingerprint density at radius 3 is 2.53 bits per heavy atom. The van der Waals surface area contributed by atoms with Gasteiger partial charge in [-0.1, -0.05) is 6.07 Å². The van der Waals surface area contributed by atoms with Crippen molar-refractivity contribution in [2.45, 2.75) is 5.03 Å². The highest BCUT2D eigenvalue weighted by Gasteiger charge is 2.42. The number of hydrogen-bond donors (Lipinski definition) is 1. The molecule has 92 valence electrons. The normalized spacial score (nSPS) is 23.1. The zero-order valence-corrected chi connectivity index (χ0v) is 10.2. The van der Waals surface area contributed by atoms with Crippen LogP contribution in [0, 0.1) is 11.8 Å². The number of nitrogens with zero attached hydrogens (tertiary/aromatic N) is 2. The third-order valence-corrected chi connectivity index (χ3v) is 5.35. The minimum absolute atomic E-state index is 0.158. The Balaban J connectivity index is 1.69. The van der Waals surface area contributed by atoms with E-state index in [2.05, 4.69) is 10.3 Å². The van der Waals surface area contributed by atoms with Gasteiger partial charge < -0.3 is 5.32 Å². The molecule has 0 spiro atoms. The van der Waals surface area contributed by atoms with Crippen LogP contribution in [0.4, 0.5) is 0 Å². The van der Waals surface area contributed by atoms with Crippen LogP contribution in [-0.4, -0.2) is 43.9 Å². The Kier molecular flexibility index (Phi) is 2.65. The summed E-state index contributed by atoms with van der Waals surface area (Å²) in [7, 11) is -3.35. The second kappa shape index (κ2) is 4.04. The predicted octanol–water partition coefficient (Wildman–Crippen LogP) is -0.0785. The van der Waals surface area contributed by atoms with Crippen LogP contribution in [0.1, 0.15) is 0 Å². The Hall–Kier alpha value is -0.980. The van der Waals surface area contributed by atoms with E-state index < -0.39 is 10.0 Å². The van der Waals surface area contributed by atoms with Crippen LogP contribution in [0.15, 0.2) is 29.4 Å². The molecule has 0 aliphatic carbocycles. The van der Waals surface area contributed by atoms with Crippen LogP contribution >= 0.6 is 0 Å². The van der Waals surface area contributed by atoms with Gasteiger partial charge in [-0.15, -0.1) is 0 Å². The highest BCUT2D eigenvalue weighted by Crippen LogP contribution is 2.30. The van der Waals surface area contributed by atoms with Crippen LogP contribution in [0.5, 0.6) is 0 Å². The fourth-order valence-corrected chi connectivity index (χ4v) is 3.72. The molecular weight excluding hydrogens is 238 g/mol. The maximum absolute atomic E-state index is 12.1. The number of pyridine rings is 1. The predicted molar refractivity (Wildman–Crippen MR) is 62.8 cm³/mol. The molecule has 2 aliphatic rings. The summed E-state index contributed by atoms with van der Waals surface area (Å²) < 4.78 is 25.8. The van der Waals surface area contributed by atoms with Crippen LogP contribution in [-0.2, 0) is 10.0 Å². The van der Waals surface area contributed by atoms with E-state index in [9.17, 15) is 8.42 Å². The lowest BCUT2D eigenvalue weighted by atomic mass is 9.83. The number of nitrogens with one attached hydrogen (secondary N) is 1. The Labute approximate surface area is 101 Å². The van der Waals surface area contributed by atoms with Crippen LogP contribution < -0.4 is 5.32 Å². The lowest BCUT2D eigenvalue weighted by Gasteiger charge is -2.45. The molecule has 6 heteroatoms. The number of aromatic nitrogens is 1. The zero-order valence-electron chi connectivity index (χ0n) is 9.41. The first-order chi connectivity index (χ1) is 8.18. The summed E-state index contributed by atoms with van der Waals surface area (Å²) in [6, 6.07) is 4.97. The van der Waals surface area contributed by atoms with Crippen LogP contribution in [0.3, 0.4) is 0 Å². The Bertz CT molecular complexity index is 493. The van der Waals surface area contributed by atoms with Gasteiger partial charge in [0.2, 0.25) is 0 Å². The van der Waals surface area contributed by atoms with Gasteiger partial charge in [-0.3, -0.25) is 0 Å². The van der Waals surface area contributed by atoms with E-state index in [0.717, 1.165) is 13.1 Å². The summed E-state index contributed by atoms with van der Waals surface area (Å²) >= 11 is 0. The molecule has 0 saturated carbocycles. The molecule has 0 unspecified atom stereocenters. The maximum Gasteiger partial charge on any atom is 0.260 e. The van der Waals surface area contributed by atoms with Gasteiger partial charge in [0.25, 0.3) is 10.0 Å². The average molecular weight is 253 g/mol. The molecule has 0 aromatic carbocycles. The molecule has 0 atom stereocenters. The summed E-state index contributed by atoms with van der Waals surface area (Å²) in [6.45, 7) is 3.35. The van der Waals surface area contributed by atoms with E-state index in [1.807, 2.05) is 0 Å². The van der Waals surface area contributed by atoms with Gasteiger partial charge in [-0.2, -0.15) is 4.31 Å². The fraction of sp³-hybridized carbons (Fsp3) is 0.545. The molecule has 2 saturated heterocycles. The van der Waals surface area contributed by atoms with Gasteiger partial charge in [-0.05, 0) is 37.1 Å². The smallest absolute Gasteiger partial charge is 0.260 e. The van der Waals surface area contributed by atoms with E-state index in [4.69, 9.17) is 0 Å².